The first kappa shape index (κ1) is 13.3. The SMILES string of the molecule is Cc1cc(NC(C)c2ccc(I)cc2)ccc1F. The number of rotatable bonds is 3. The fraction of sp³-hybridized carbons (Fsp3) is 0.200. The maximum absolute atomic E-state index is 13.2. The van der Waals surface area contributed by atoms with E-state index in [1.54, 1.807) is 13.0 Å². The predicted octanol–water partition coefficient (Wildman–Crippen LogP) is 4.91. The highest BCUT2D eigenvalue weighted by Gasteiger charge is 2.06. The van der Waals surface area contributed by atoms with E-state index in [-0.39, 0.29) is 11.9 Å². The van der Waals surface area contributed by atoms with Gasteiger partial charge in [0.25, 0.3) is 0 Å². The predicted molar refractivity (Wildman–Crippen MR) is 82.3 cm³/mol. The van der Waals surface area contributed by atoms with Gasteiger partial charge in [-0.15, -0.1) is 0 Å². The molecule has 1 atom stereocenters. The van der Waals surface area contributed by atoms with E-state index in [1.165, 1.54) is 15.2 Å². The van der Waals surface area contributed by atoms with Crippen LogP contribution < -0.4 is 5.32 Å². The van der Waals surface area contributed by atoms with Crippen molar-refractivity contribution in [2.75, 3.05) is 5.32 Å². The van der Waals surface area contributed by atoms with Gasteiger partial charge in [-0.1, -0.05) is 12.1 Å². The van der Waals surface area contributed by atoms with Gasteiger partial charge in [-0.3, -0.25) is 0 Å². The van der Waals surface area contributed by atoms with E-state index in [0.717, 1.165) is 5.69 Å². The molecule has 0 saturated carbocycles. The first-order chi connectivity index (χ1) is 8.56. The Hall–Kier alpha value is -1.10. The zero-order valence-electron chi connectivity index (χ0n) is 10.4. The van der Waals surface area contributed by atoms with Gasteiger partial charge in [0.1, 0.15) is 5.82 Å². The van der Waals surface area contributed by atoms with E-state index in [9.17, 15) is 4.39 Å². The highest BCUT2D eigenvalue weighted by atomic mass is 127. The quantitative estimate of drug-likeness (QED) is 0.772. The van der Waals surface area contributed by atoms with Crippen LogP contribution in [-0.4, -0.2) is 0 Å². The lowest BCUT2D eigenvalue weighted by Crippen LogP contribution is -2.06. The van der Waals surface area contributed by atoms with Crippen LogP contribution in [0.4, 0.5) is 10.1 Å². The van der Waals surface area contributed by atoms with Gasteiger partial charge in [0.2, 0.25) is 0 Å². The molecule has 0 aliphatic carbocycles. The van der Waals surface area contributed by atoms with Gasteiger partial charge >= 0.3 is 0 Å². The van der Waals surface area contributed by atoms with Crippen molar-refractivity contribution in [3.05, 3.63) is 63.0 Å². The smallest absolute Gasteiger partial charge is 0.126 e. The Morgan fingerprint density at radius 2 is 1.78 bits per heavy atom. The fourth-order valence-electron chi connectivity index (χ4n) is 1.82. The van der Waals surface area contributed by atoms with Crippen LogP contribution >= 0.6 is 22.6 Å². The molecule has 0 aromatic heterocycles. The first-order valence-electron chi connectivity index (χ1n) is 5.84. The molecule has 0 amide bonds. The van der Waals surface area contributed by atoms with Crippen LogP contribution in [0.1, 0.15) is 24.1 Å². The van der Waals surface area contributed by atoms with Crippen molar-refractivity contribution >= 4 is 28.3 Å². The zero-order valence-corrected chi connectivity index (χ0v) is 12.5. The van der Waals surface area contributed by atoms with Crippen LogP contribution in [0.15, 0.2) is 42.5 Å². The van der Waals surface area contributed by atoms with E-state index in [1.807, 2.05) is 6.07 Å². The molecule has 2 rings (SSSR count). The summed E-state index contributed by atoms with van der Waals surface area (Å²) in [5.74, 6) is -0.164. The molecule has 0 radical (unpaired) electrons. The number of halogens is 2. The van der Waals surface area contributed by atoms with Crippen LogP contribution in [-0.2, 0) is 0 Å². The molecule has 3 heteroatoms. The van der Waals surface area contributed by atoms with Crippen LogP contribution in [0.25, 0.3) is 0 Å². The third-order valence-corrected chi connectivity index (χ3v) is 3.63. The minimum atomic E-state index is -0.164. The summed E-state index contributed by atoms with van der Waals surface area (Å²) in [5, 5.41) is 3.38. The minimum absolute atomic E-state index is 0.164. The summed E-state index contributed by atoms with van der Waals surface area (Å²) in [4.78, 5) is 0. The third kappa shape index (κ3) is 3.22. The number of anilines is 1. The Morgan fingerprint density at radius 3 is 2.39 bits per heavy atom. The van der Waals surface area contributed by atoms with Gasteiger partial charge in [0, 0.05) is 15.3 Å². The highest BCUT2D eigenvalue weighted by Crippen LogP contribution is 2.21. The summed E-state index contributed by atoms with van der Waals surface area (Å²) in [6.45, 7) is 3.87. The molecule has 0 fully saturated rings. The van der Waals surface area contributed by atoms with E-state index < -0.39 is 0 Å². The Morgan fingerprint density at radius 1 is 1.11 bits per heavy atom. The average Bonchev–Trinajstić information content (AvgIpc) is 2.34. The summed E-state index contributed by atoms with van der Waals surface area (Å²) in [5.41, 5.74) is 2.83. The molecular weight excluding hydrogens is 340 g/mol. The standard InChI is InChI=1S/C15H15FIN/c1-10-9-14(7-8-15(10)16)18-11(2)12-3-5-13(17)6-4-12/h3-9,11,18H,1-2H3. The Labute approximate surface area is 121 Å². The normalized spacial score (nSPS) is 12.2. The molecule has 94 valence electrons. The van der Waals surface area contributed by atoms with Crippen LogP contribution in [0.5, 0.6) is 0 Å². The van der Waals surface area contributed by atoms with Gasteiger partial charge in [0.15, 0.2) is 0 Å². The minimum Gasteiger partial charge on any atom is -0.379 e. The van der Waals surface area contributed by atoms with Gasteiger partial charge < -0.3 is 5.32 Å². The Kier molecular flexibility index (Phi) is 4.22. The molecule has 2 aromatic carbocycles. The third-order valence-electron chi connectivity index (χ3n) is 2.91. The molecule has 0 saturated heterocycles. The molecule has 1 nitrogen and oxygen atoms in total. The van der Waals surface area contributed by atoms with Gasteiger partial charge in [0.05, 0.1) is 0 Å². The van der Waals surface area contributed by atoms with Gasteiger partial charge in [-0.25, -0.2) is 4.39 Å². The molecule has 0 spiro atoms. The van der Waals surface area contributed by atoms with Crippen molar-refractivity contribution in [2.24, 2.45) is 0 Å². The van der Waals surface area contributed by atoms with Crippen molar-refractivity contribution in [1.82, 2.24) is 0 Å². The highest BCUT2D eigenvalue weighted by molar-refractivity contribution is 14.1. The van der Waals surface area contributed by atoms with E-state index in [4.69, 9.17) is 0 Å². The van der Waals surface area contributed by atoms with E-state index in [2.05, 4.69) is 59.1 Å². The molecule has 0 bridgehead atoms. The molecule has 0 aliphatic rings. The summed E-state index contributed by atoms with van der Waals surface area (Å²) in [6.07, 6.45) is 0. The molecule has 0 aliphatic heterocycles. The second kappa shape index (κ2) is 5.69. The maximum atomic E-state index is 13.2. The van der Waals surface area contributed by atoms with Crippen LogP contribution in [0, 0.1) is 16.3 Å². The van der Waals surface area contributed by atoms with Crippen molar-refractivity contribution in [3.63, 3.8) is 0 Å². The van der Waals surface area contributed by atoms with Crippen LogP contribution in [0.3, 0.4) is 0 Å². The van der Waals surface area contributed by atoms with Gasteiger partial charge in [-0.2, -0.15) is 0 Å². The summed E-state index contributed by atoms with van der Waals surface area (Å²) >= 11 is 2.29. The van der Waals surface area contributed by atoms with Crippen LogP contribution in [0.2, 0.25) is 0 Å². The Balaban J connectivity index is 2.13. The molecule has 18 heavy (non-hydrogen) atoms. The molecule has 1 N–H and O–H groups in total. The lowest BCUT2D eigenvalue weighted by molar-refractivity contribution is 0.618. The molecule has 0 heterocycles. The second-order valence-electron chi connectivity index (χ2n) is 4.38. The lowest BCUT2D eigenvalue weighted by Gasteiger charge is -2.16. The molecule has 2 aromatic rings. The maximum Gasteiger partial charge on any atom is 0.126 e. The topological polar surface area (TPSA) is 12.0 Å². The zero-order chi connectivity index (χ0) is 13.1. The van der Waals surface area contributed by atoms with Crippen molar-refractivity contribution in [1.29, 1.82) is 0 Å². The number of nitrogens with one attached hydrogen (secondary N) is 1. The fourth-order valence-corrected chi connectivity index (χ4v) is 2.18. The van der Waals surface area contributed by atoms with Gasteiger partial charge in [-0.05, 0) is 77.9 Å². The Bertz CT molecular complexity index is 537. The van der Waals surface area contributed by atoms with Crippen molar-refractivity contribution in [3.8, 4) is 0 Å². The number of benzene rings is 2. The number of aryl methyl sites for hydroxylation is 1. The second-order valence-corrected chi connectivity index (χ2v) is 5.63. The monoisotopic (exact) mass is 355 g/mol. The molecular formula is C15H15FIN. The lowest BCUT2D eigenvalue weighted by atomic mass is 10.1. The summed E-state index contributed by atoms with van der Waals surface area (Å²) in [7, 11) is 0. The molecule has 1 unspecified atom stereocenters. The average molecular weight is 355 g/mol. The van der Waals surface area contributed by atoms with E-state index >= 15 is 0 Å². The van der Waals surface area contributed by atoms with E-state index in [0.29, 0.717) is 5.56 Å². The van der Waals surface area contributed by atoms with Crippen molar-refractivity contribution in [2.45, 2.75) is 19.9 Å². The first-order valence-corrected chi connectivity index (χ1v) is 6.92. The number of hydrogen-bond donors (Lipinski definition) is 1. The largest absolute Gasteiger partial charge is 0.379 e. The summed E-state index contributed by atoms with van der Waals surface area (Å²) < 4.78 is 14.4. The number of hydrogen-bond acceptors (Lipinski definition) is 1. The van der Waals surface area contributed by atoms with Crippen molar-refractivity contribution < 1.29 is 4.39 Å². The summed E-state index contributed by atoms with van der Waals surface area (Å²) in [6, 6.07) is 13.7.